The normalized spacial score (nSPS) is 30.1. The molecule has 108 valence electrons. The molecule has 1 spiro atoms. The van der Waals surface area contributed by atoms with E-state index in [1.807, 2.05) is 19.3 Å². The zero-order valence-corrected chi connectivity index (χ0v) is 11.9. The Morgan fingerprint density at radius 1 is 1.40 bits per heavy atom. The lowest BCUT2D eigenvalue weighted by atomic mass is 9.76. The van der Waals surface area contributed by atoms with Gasteiger partial charge in [-0.2, -0.15) is 5.10 Å². The molecule has 20 heavy (non-hydrogen) atoms. The molecule has 2 fully saturated rings. The molecule has 1 N–H and O–H groups in total. The van der Waals surface area contributed by atoms with Crippen molar-refractivity contribution in [3.63, 3.8) is 0 Å². The second kappa shape index (κ2) is 4.61. The average Bonchev–Trinajstić information content (AvgIpc) is 2.91. The lowest BCUT2D eigenvalue weighted by Gasteiger charge is -2.39. The summed E-state index contributed by atoms with van der Waals surface area (Å²) in [5.74, 6) is 0.492. The highest BCUT2D eigenvalue weighted by Crippen LogP contribution is 2.39. The summed E-state index contributed by atoms with van der Waals surface area (Å²) in [6, 6.07) is 1.60. The molecule has 1 aromatic heterocycles. The molecule has 0 atom stereocenters. The van der Waals surface area contributed by atoms with E-state index in [-0.39, 0.29) is 11.9 Å². The van der Waals surface area contributed by atoms with Crippen LogP contribution in [-0.4, -0.2) is 32.2 Å². The quantitative estimate of drug-likeness (QED) is 0.831. The third-order valence-electron chi connectivity index (χ3n) is 4.60. The molecule has 1 saturated heterocycles. The Kier molecular flexibility index (Phi) is 3.03. The largest absolute Gasteiger partial charge is 0.325 e. The van der Waals surface area contributed by atoms with Gasteiger partial charge in [0, 0.05) is 13.2 Å². The van der Waals surface area contributed by atoms with E-state index < -0.39 is 5.54 Å². The van der Waals surface area contributed by atoms with Crippen molar-refractivity contribution in [2.75, 3.05) is 0 Å². The highest BCUT2D eigenvalue weighted by atomic mass is 16.2. The SMILES string of the molecule is CC1CCC2(CC1)C(=O)NC(=O)N2Cc1ccn(C)n1. The maximum Gasteiger partial charge on any atom is 0.325 e. The maximum absolute atomic E-state index is 12.3. The van der Waals surface area contributed by atoms with E-state index in [9.17, 15) is 9.59 Å². The fourth-order valence-electron chi connectivity index (χ4n) is 3.27. The summed E-state index contributed by atoms with van der Waals surface area (Å²) < 4.78 is 1.71. The van der Waals surface area contributed by atoms with Crippen molar-refractivity contribution < 1.29 is 9.59 Å². The molecule has 3 amide bonds. The summed E-state index contributed by atoms with van der Waals surface area (Å²) >= 11 is 0. The third kappa shape index (κ3) is 1.99. The van der Waals surface area contributed by atoms with Crippen LogP contribution in [0.5, 0.6) is 0 Å². The minimum Gasteiger partial charge on any atom is -0.304 e. The molecule has 1 saturated carbocycles. The monoisotopic (exact) mass is 276 g/mol. The predicted molar refractivity (Wildman–Crippen MR) is 72.7 cm³/mol. The number of hydrogen-bond donors (Lipinski definition) is 1. The van der Waals surface area contributed by atoms with Gasteiger partial charge in [-0.25, -0.2) is 4.79 Å². The Hall–Kier alpha value is -1.85. The first kappa shape index (κ1) is 13.1. The molecule has 2 heterocycles. The van der Waals surface area contributed by atoms with Crippen LogP contribution in [0.25, 0.3) is 0 Å². The number of hydrogen-bond acceptors (Lipinski definition) is 3. The van der Waals surface area contributed by atoms with Crippen LogP contribution in [0.15, 0.2) is 12.3 Å². The van der Waals surface area contributed by atoms with E-state index in [4.69, 9.17) is 0 Å². The Balaban J connectivity index is 1.86. The van der Waals surface area contributed by atoms with Crippen molar-refractivity contribution in [2.45, 2.75) is 44.7 Å². The average molecular weight is 276 g/mol. The summed E-state index contributed by atoms with van der Waals surface area (Å²) in [6.45, 7) is 2.59. The number of amides is 3. The lowest BCUT2D eigenvalue weighted by Crippen LogP contribution is -2.51. The summed E-state index contributed by atoms with van der Waals surface area (Å²) in [5, 5.41) is 6.79. The maximum atomic E-state index is 12.3. The second-order valence-corrected chi connectivity index (χ2v) is 6.04. The topological polar surface area (TPSA) is 67.2 Å². The highest BCUT2D eigenvalue weighted by molar-refractivity contribution is 6.07. The lowest BCUT2D eigenvalue weighted by molar-refractivity contribution is -0.128. The number of nitrogens with zero attached hydrogens (tertiary/aromatic N) is 3. The van der Waals surface area contributed by atoms with Crippen molar-refractivity contribution >= 4 is 11.9 Å². The molecule has 1 aliphatic heterocycles. The van der Waals surface area contributed by atoms with Gasteiger partial charge in [-0.05, 0) is 37.7 Å². The van der Waals surface area contributed by atoms with Crippen LogP contribution >= 0.6 is 0 Å². The number of rotatable bonds is 2. The highest BCUT2D eigenvalue weighted by Gasteiger charge is 2.53. The van der Waals surface area contributed by atoms with Crippen molar-refractivity contribution in [2.24, 2.45) is 13.0 Å². The van der Waals surface area contributed by atoms with E-state index in [1.54, 1.807) is 9.58 Å². The van der Waals surface area contributed by atoms with E-state index >= 15 is 0 Å². The van der Waals surface area contributed by atoms with Crippen molar-refractivity contribution in [1.29, 1.82) is 0 Å². The van der Waals surface area contributed by atoms with Gasteiger partial charge in [-0.3, -0.25) is 14.8 Å². The molecular formula is C14H20N4O2. The first-order valence-corrected chi connectivity index (χ1v) is 7.13. The van der Waals surface area contributed by atoms with Crippen LogP contribution in [0.1, 0.15) is 38.3 Å². The number of carbonyl (C=O) groups is 2. The molecule has 1 aliphatic carbocycles. The molecule has 2 aliphatic rings. The number of aromatic nitrogens is 2. The smallest absolute Gasteiger partial charge is 0.304 e. The van der Waals surface area contributed by atoms with Gasteiger partial charge in [0.25, 0.3) is 5.91 Å². The second-order valence-electron chi connectivity index (χ2n) is 6.04. The first-order chi connectivity index (χ1) is 9.51. The number of nitrogens with one attached hydrogen (secondary N) is 1. The van der Waals surface area contributed by atoms with E-state index in [1.165, 1.54) is 0 Å². The van der Waals surface area contributed by atoms with Gasteiger partial charge in [0.15, 0.2) is 0 Å². The van der Waals surface area contributed by atoms with Crippen molar-refractivity contribution in [1.82, 2.24) is 20.0 Å². The standard InChI is InChI=1S/C14H20N4O2/c1-10-3-6-14(7-4-10)12(19)15-13(20)18(14)9-11-5-8-17(2)16-11/h5,8,10H,3-4,6-7,9H2,1-2H3,(H,15,19,20). The van der Waals surface area contributed by atoms with Crippen LogP contribution in [-0.2, 0) is 18.4 Å². The van der Waals surface area contributed by atoms with E-state index in [0.29, 0.717) is 12.5 Å². The van der Waals surface area contributed by atoms with Crippen LogP contribution in [0, 0.1) is 5.92 Å². The molecule has 0 bridgehead atoms. The summed E-state index contributed by atoms with van der Waals surface area (Å²) in [5.41, 5.74) is 0.163. The third-order valence-corrected chi connectivity index (χ3v) is 4.60. The molecule has 0 unspecified atom stereocenters. The Labute approximate surface area is 118 Å². The van der Waals surface area contributed by atoms with Gasteiger partial charge in [0.1, 0.15) is 5.54 Å². The number of aryl methyl sites for hydroxylation is 1. The fourth-order valence-corrected chi connectivity index (χ4v) is 3.27. The Morgan fingerprint density at radius 2 is 2.10 bits per heavy atom. The fraction of sp³-hybridized carbons (Fsp3) is 0.643. The Morgan fingerprint density at radius 3 is 2.70 bits per heavy atom. The molecule has 6 heteroatoms. The first-order valence-electron chi connectivity index (χ1n) is 7.13. The van der Waals surface area contributed by atoms with Crippen LogP contribution in [0.2, 0.25) is 0 Å². The van der Waals surface area contributed by atoms with Crippen LogP contribution < -0.4 is 5.32 Å². The van der Waals surface area contributed by atoms with Gasteiger partial charge in [0.05, 0.1) is 12.2 Å². The predicted octanol–water partition coefficient (Wildman–Crippen LogP) is 1.42. The van der Waals surface area contributed by atoms with Crippen molar-refractivity contribution in [3.8, 4) is 0 Å². The molecule has 3 rings (SSSR count). The van der Waals surface area contributed by atoms with E-state index in [0.717, 1.165) is 31.4 Å². The molecule has 6 nitrogen and oxygen atoms in total. The van der Waals surface area contributed by atoms with E-state index in [2.05, 4.69) is 17.3 Å². The van der Waals surface area contributed by atoms with Gasteiger partial charge >= 0.3 is 6.03 Å². The number of urea groups is 1. The Bertz CT molecular complexity index is 543. The minimum atomic E-state index is -0.652. The van der Waals surface area contributed by atoms with Crippen LogP contribution in [0.4, 0.5) is 4.79 Å². The summed E-state index contributed by atoms with van der Waals surface area (Å²) in [6.07, 6.45) is 5.32. The summed E-state index contributed by atoms with van der Waals surface area (Å²) in [7, 11) is 1.84. The molecule has 0 radical (unpaired) electrons. The molecular weight excluding hydrogens is 256 g/mol. The molecule has 0 aromatic carbocycles. The number of imide groups is 1. The van der Waals surface area contributed by atoms with Gasteiger partial charge in [-0.1, -0.05) is 6.92 Å². The van der Waals surface area contributed by atoms with Gasteiger partial charge in [0.2, 0.25) is 0 Å². The zero-order chi connectivity index (χ0) is 14.3. The van der Waals surface area contributed by atoms with Crippen molar-refractivity contribution in [3.05, 3.63) is 18.0 Å². The van der Waals surface area contributed by atoms with Gasteiger partial charge in [-0.15, -0.1) is 0 Å². The summed E-state index contributed by atoms with van der Waals surface area (Å²) in [4.78, 5) is 26.1. The zero-order valence-electron chi connectivity index (χ0n) is 11.9. The number of carbonyl (C=O) groups excluding carboxylic acids is 2. The minimum absolute atomic E-state index is 0.134. The van der Waals surface area contributed by atoms with Gasteiger partial charge < -0.3 is 4.90 Å². The molecule has 1 aromatic rings. The van der Waals surface area contributed by atoms with Crippen LogP contribution in [0.3, 0.4) is 0 Å².